The second-order valence-corrected chi connectivity index (χ2v) is 5.49. The maximum absolute atomic E-state index is 11.8. The van der Waals surface area contributed by atoms with Crippen molar-refractivity contribution in [2.24, 2.45) is 18.2 Å². The lowest BCUT2D eigenvalue weighted by atomic mass is 9.88. The van der Waals surface area contributed by atoms with Crippen molar-refractivity contribution in [1.82, 2.24) is 9.13 Å². The van der Waals surface area contributed by atoms with Gasteiger partial charge in [-0.1, -0.05) is 26.1 Å². The van der Waals surface area contributed by atoms with E-state index in [0.29, 0.717) is 18.0 Å². The summed E-state index contributed by atoms with van der Waals surface area (Å²) in [4.78, 5) is 23.8. The lowest BCUT2D eigenvalue weighted by molar-refractivity contribution is 0.426. The Hall–Kier alpha value is -1.43. The fraction of sp³-hybridized carbons (Fsp3) is 0.583. The van der Waals surface area contributed by atoms with E-state index in [1.807, 2.05) is 13.8 Å². The van der Waals surface area contributed by atoms with E-state index >= 15 is 0 Å². The molecule has 1 rings (SSSR count). The summed E-state index contributed by atoms with van der Waals surface area (Å²) in [5.41, 5.74) is 4.81. The Morgan fingerprint density at radius 3 is 2.61 bits per heavy atom. The molecule has 5 nitrogen and oxygen atoms in total. The van der Waals surface area contributed by atoms with E-state index in [0.717, 1.165) is 6.42 Å². The Balaban J connectivity index is 2.77. The van der Waals surface area contributed by atoms with Crippen molar-refractivity contribution in [3.8, 4) is 0 Å². The average Bonchev–Trinajstić information content (AvgIpc) is 2.28. The molecule has 1 heterocycles. The molecule has 0 radical (unpaired) electrons. The van der Waals surface area contributed by atoms with Crippen LogP contribution in [0.15, 0.2) is 21.9 Å². The Kier molecular flexibility index (Phi) is 4.45. The van der Waals surface area contributed by atoms with Crippen molar-refractivity contribution in [1.29, 1.82) is 0 Å². The summed E-state index contributed by atoms with van der Waals surface area (Å²) in [6, 6.07) is 1.39. The maximum atomic E-state index is 11.8. The number of nitrogens with two attached hydrogens (primary N) is 1. The molecule has 0 aliphatic heterocycles. The van der Waals surface area contributed by atoms with Crippen LogP contribution in [0.25, 0.3) is 0 Å². The van der Waals surface area contributed by atoms with Gasteiger partial charge in [0.15, 0.2) is 0 Å². The normalized spacial score (nSPS) is 11.5. The van der Waals surface area contributed by atoms with Gasteiger partial charge >= 0.3 is 5.69 Å². The standard InChI is InChI=1S/C12H19N3O2S/c1-12(2,10(13)18)6-4-7-15-9(16)5-8-14(3)11(15)17/h5,8H,4,6-7H2,1-3H3,(H2,13,18). The van der Waals surface area contributed by atoms with Gasteiger partial charge in [0.1, 0.15) is 0 Å². The zero-order valence-corrected chi connectivity index (χ0v) is 11.8. The van der Waals surface area contributed by atoms with E-state index < -0.39 is 0 Å². The summed E-state index contributed by atoms with van der Waals surface area (Å²) in [6.07, 6.45) is 2.90. The molecule has 0 spiro atoms. The van der Waals surface area contributed by atoms with Crippen LogP contribution in [-0.4, -0.2) is 14.1 Å². The molecule has 1 aromatic heterocycles. The first-order chi connectivity index (χ1) is 8.25. The average molecular weight is 269 g/mol. The Bertz CT molecular complexity index is 557. The molecule has 0 unspecified atom stereocenters. The highest BCUT2D eigenvalue weighted by molar-refractivity contribution is 7.80. The number of thiocarbonyl (C=S) groups is 1. The van der Waals surface area contributed by atoms with E-state index in [4.69, 9.17) is 18.0 Å². The molecule has 1 aromatic rings. The third-order valence-corrected chi connectivity index (χ3v) is 3.64. The van der Waals surface area contributed by atoms with Crippen molar-refractivity contribution in [3.05, 3.63) is 33.1 Å². The van der Waals surface area contributed by atoms with Gasteiger partial charge in [0.05, 0.1) is 4.99 Å². The molecule has 0 bridgehead atoms. The number of hydrogen-bond acceptors (Lipinski definition) is 3. The fourth-order valence-electron chi connectivity index (χ4n) is 1.62. The van der Waals surface area contributed by atoms with E-state index in [2.05, 4.69) is 0 Å². The molecule has 0 saturated carbocycles. The van der Waals surface area contributed by atoms with Crippen molar-refractivity contribution in [2.75, 3.05) is 0 Å². The molecule has 0 atom stereocenters. The molecular formula is C12H19N3O2S. The number of aryl methyl sites for hydroxylation is 1. The first-order valence-electron chi connectivity index (χ1n) is 5.82. The number of nitrogens with zero attached hydrogens (tertiary/aromatic N) is 2. The first-order valence-corrected chi connectivity index (χ1v) is 6.23. The van der Waals surface area contributed by atoms with Crippen molar-refractivity contribution in [3.63, 3.8) is 0 Å². The maximum Gasteiger partial charge on any atom is 0.330 e. The monoisotopic (exact) mass is 269 g/mol. The molecule has 0 aliphatic carbocycles. The lowest BCUT2D eigenvalue weighted by Crippen LogP contribution is -2.38. The van der Waals surface area contributed by atoms with Crippen LogP contribution in [-0.2, 0) is 13.6 Å². The Labute approximate surface area is 111 Å². The highest BCUT2D eigenvalue weighted by atomic mass is 32.1. The summed E-state index contributed by atoms with van der Waals surface area (Å²) in [6.45, 7) is 4.31. The van der Waals surface area contributed by atoms with Crippen LogP contribution in [0.1, 0.15) is 26.7 Å². The molecule has 0 aromatic carbocycles. The van der Waals surface area contributed by atoms with Gasteiger partial charge in [-0.05, 0) is 12.8 Å². The van der Waals surface area contributed by atoms with Gasteiger partial charge in [0, 0.05) is 31.3 Å². The molecule has 2 N–H and O–H groups in total. The molecular weight excluding hydrogens is 250 g/mol. The van der Waals surface area contributed by atoms with Gasteiger partial charge in [0.2, 0.25) is 0 Å². The van der Waals surface area contributed by atoms with Gasteiger partial charge in [-0.3, -0.25) is 9.36 Å². The summed E-state index contributed by atoms with van der Waals surface area (Å²) in [5, 5.41) is 0. The van der Waals surface area contributed by atoms with Crippen molar-refractivity contribution < 1.29 is 0 Å². The second kappa shape index (κ2) is 5.48. The Morgan fingerprint density at radius 1 is 1.44 bits per heavy atom. The molecule has 6 heteroatoms. The van der Waals surface area contributed by atoms with E-state index in [1.165, 1.54) is 21.4 Å². The van der Waals surface area contributed by atoms with Crippen molar-refractivity contribution in [2.45, 2.75) is 33.2 Å². The van der Waals surface area contributed by atoms with Crippen LogP contribution in [0.5, 0.6) is 0 Å². The summed E-state index contributed by atoms with van der Waals surface area (Å²) >= 11 is 4.98. The minimum atomic E-state index is -0.296. The quantitative estimate of drug-likeness (QED) is 0.796. The highest BCUT2D eigenvalue weighted by Gasteiger charge is 2.20. The highest BCUT2D eigenvalue weighted by Crippen LogP contribution is 2.22. The van der Waals surface area contributed by atoms with E-state index in [-0.39, 0.29) is 16.7 Å². The number of hydrogen-bond donors (Lipinski definition) is 1. The number of aromatic nitrogens is 2. The molecule has 100 valence electrons. The second-order valence-electron chi connectivity index (χ2n) is 5.05. The zero-order chi connectivity index (χ0) is 13.9. The predicted octanol–water partition coefficient (Wildman–Crippen LogP) is 0.640. The van der Waals surface area contributed by atoms with Gasteiger partial charge in [-0.2, -0.15) is 0 Å². The van der Waals surface area contributed by atoms with Crippen LogP contribution >= 0.6 is 12.2 Å². The lowest BCUT2D eigenvalue weighted by Gasteiger charge is -2.22. The number of rotatable bonds is 5. The van der Waals surface area contributed by atoms with Crippen LogP contribution in [0.3, 0.4) is 0 Å². The largest absolute Gasteiger partial charge is 0.393 e. The summed E-state index contributed by atoms with van der Waals surface area (Å²) in [5.74, 6) is 0. The smallest absolute Gasteiger partial charge is 0.330 e. The zero-order valence-electron chi connectivity index (χ0n) is 11.0. The van der Waals surface area contributed by atoms with E-state index in [1.54, 1.807) is 7.05 Å². The third-order valence-electron chi connectivity index (χ3n) is 3.09. The van der Waals surface area contributed by atoms with Crippen LogP contribution in [0, 0.1) is 5.41 Å². The summed E-state index contributed by atoms with van der Waals surface area (Å²) < 4.78 is 2.62. The van der Waals surface area contributed by atoms with E-state index in [9.17, 15) is 9.59 Å². The van der Waals surface area contributed by atoms with Gasteiger partial charge in [-0.15, -0.1) is 0 Å². The van der Waals surface area contributed by atoms with Crippen LogP contribution in [0.4, 0.5) is 0 Å². The van der Waals surface area contributed by atoms with Gasteiger partial charge in [-0.25, -0.2) is 4.79 Å². The minimum absolute atomic E-state index is 0.251. The molecule has 0 saturated heterocycles. The summed E-state index contributed by atoms with van der Waals surface area (Å²) in [7, 11) is 1.62. The third kappa shape index (κ3) is 3.29. The molecule has 0 amide bonds. The predicted molar refractivity (Wildman–Crippen MR) is 75.7 cm³/mol. The van der Waals surface area contributed by atoms with Crippen LogP contribution in [0.2, 0.25) is 0 Å². The molecule has 18 heavy (non-hydrogen) atoms. The van der Waals surface area contributed by atoms with Crippen LogP contribution < -0.4 is 17.0 Å². The van der Waals surface area contributed by atoms with Crippen molar-refractivity contribution >= 4 is 17.2 Å². The molecule has 0 fully saturated rings. The Morgan fingerprint density at radius 2 is 2.06 bits per heavy atom. The van der Waals surface area contributed by atoms with Gasteiger partial charge < -0.3 is 10.3 Å². The molecule has 0 aliphatic rings. The fourth-order valence-corrected chi connectivity index (χ4v) is 1.72. The SMILES string of the molecule is Cn1ccc(=O)n(CCCC(C)(C)C(N)=S)c1=O. The topological polar surface area (TPSA) is 70.0 Å². The van der Waals surface area contributed by atoms with Gasteiger partial charge in [0.25, 0.3) is 5.56 Å². The first kappa shape index (κ1) is 14.6. The minimum Gasteiger partial charge on any atom is -0.393 e.